The maximum absolute atomic E-state index is 9.28. The largest absolute Gasteiger partial charge is 1.00 e. The van der Waals surface area contributed by atoms with Gasteiger partial charge in [-0.3, -0.25) is 0 Å². The number of aliphatic carboxylic acids is 2. The third-order valence-electron chi connectivity index (χ3n) is 0.289. The third-order valence-corrected chi connectivity index (χ3v) is 0.289. The van der Waals surface area contributed by atoms with E-state index >= 15 is 0 Å². The average Bonchev–Trinajstić information content (AvgIpc) is 1.27. The van der Waals surface area contributed by atoms with Gasteiger partial charge in [0.15, 0.2) is 0 Å². The minimum atomic E-state index is -1.63. The van der Waals surface area contributed by atoms with E-state index < -0.39 is 18.4 Å². The second kappa shape index (κ2) is 18.1. The summed E-state index contributed by atoms with van der Waals surface area (Å²) in [5.74, 6) is -3.25. The molecule has 0 aromatic carbocycles. The summed E-state index contributed by atoms with van der Waals surface area (Å²) in [6, 6.07) is 0. The Morgan fingerprint density at radius 1 is 0.909 bits per heavy atom. The van der Waals surface area contributed by atoms with Gasteiger partial charge in [0, 0.05) is 18.4 Å². The van der Waals surface area contributed by atoms with E-state index in [1.807, 2.05) is 0 Å². The van der Waals surface area contributed by atoms with Gasteiger partial charge in [0.1, 0.15) is 0 Å². The SMILES string of the molecule is O=C([O-])CC(=O)[O-].[Cl-].[Na+].[Na+].[Na+]. The van der Waals surface area contributed by atoms with Crippen molar-refractivity contribution >= 4 is 11.9 Å². The molecule has 0 bridgehead atoms. The molecule has 8 heteroatoms. The monoisotopic (exact) mass is 206 g/mol. The molecule has 0 aromatic heterocycles. The van der Waals surface area contributed by atoms with E-state index in [-0.39, 0.29) is 101 Å². The molecule has 0 spiro atoms. The Hall–Kier alpha value is 2.23. The number of carbonyl (C=O) groups excluding carboxylic acids is 2. The van der Waals surface area contributed by atoms with Gasteiger partial charge < -0.3 is 32.2 Å². The van der Waals surface area contributed by atoms with Crippen LogP contribution in [0, 0.1) is 0 Å². The zero-order valence-electron chi connectivity index (χ0n) is 6.72. The first kappa shape index (κ1) is 29.2. The molecule has 0 amide bonds. The van der Waals surface area contributed by atoms with E-state index in [9.17, 15) is 19.8 Å². The Labute approximate surface area is 137 Å². The summed E-state index contributed by atoms with van der Waals surface area (Å²) in [6.07, 6.45) is -1.03. The molecule has 11 heavy (non-hydrogen) atoms. The topological polar surface area (TPSA) is 80.3 Å². The van der Waals surface area contributed by atoms with E-state index in [0.29, 0.717) is 0 Å². The standard InChI is InChI=1S/C3H4O4.ClH.3Na/c4-2(5)1-3(6)7;;;;/h1H2,(H,4,5)(H,6,7);1H;;;/q;;3*+1/p-3. The molecule has 0 aliphatic heterocycles. The van der Waals surface area contributed by atoms with Crippen molar-refractivity contribution < 1.29 is 121 Å². The summed E-state index contributed by atoms with van der Waals surface area (Å²) >= 11 is 0. The van der Waals surface area contributed by atoms with Crippen molar-refractivity contribution in [3.05, 3.63) is 0 Å². The van der Waals surface area contributed by atoms with Crippen molar-refractivity contribution in [2.24, 2.45) is 0 Å². The van der Waals surface area contributed by atoms with Crippen LogP contribution in [0.15, 0.2) is 0 Å². The van der Waals surface area contributed by atoms with Crippen molar-refractivity contribution in [2.45, 2.75) is 6.42 Å². The van der Waals surface area contributed by atoms with Crippen LogP contribution < -0.4 is 111 Å². The van der Waals surface area contributed by atoms with Crippen LogP contribution >= 0.6 is 0 Å². The van der Waals surface area contributed by atoms with E-state index in [4.69, 9.17) is 0 Å². The molecule has 0 saturated heterocycles. The van der Waals surface area contributed by atoms with Gasteiger partial charge in [-0.15, -0.1) is 0 Å². The first-order chi connectivity index (χ1) is 3.13. The predicted octanol–water partition coefficient (Wildman–Crippen LogP) is -15.1. The Kier molecular flexibility index (Phi) is 48.1. The molecule has 0 rings (SSSR count). The van der Waals surface area contributed by atoms with Crippen molar-refractivity contribution in [2.75, 3.05) is 0 Å². The van der Waals surface area contributed by atoms with Crippen LogP contribution in [-0.2, 0) is 9.59 Å². The zero-order chi connectivity index (χ0) is 5.86. The molecule has 0 unspecified atom stereocenters. The molecule has 0 heterocycles. The Bertz CT molecular complexity index is 96.8. The molecule has 0 radical (unpaired) electrons. The molecular weight excluding hydrogens is 204 g/mol. The van der Waals surface area contributed by atoms with Crippen LogP contribution in [0.3, 0.4) is 0 Å². The van der Waals surface area contributed by atoms with Gasteiger partial charge in [-0.2, -0.15) is 0 Å². The first-order valence-electron chi connectivity index (χ1n) is 1.52. The molecule has 48 valence electrons. The normalized spacial score (nSPS) is 5.09. The Morgan fingerprint density at radius 2 is 1.09 bits per heavy atom. The smallest absolute Gasteiger partial charge is 1.00 e. The number of rotatable bonds is 2. The fraction of sp³-hybridized carbons (Fsp3) is 0.333. The maximum atomic E-state index is 9.28. The van der Waals surface area contributed by atoms with Gasteiger partial charge in [-0.05, 0) is 0 Å². The molecular formula is C3H2ClNa3O4. The molecule has 0 atom stereocenters. The summed E-state index contributed by atoms with van der Waals surface area (Å²) in [4.78, 5) is 18.6. The first-order valence-corrected chi connectivity index (χ1v) is 1.52. The summed E-state index contributed by atoms with van der Waals surface area (Å²) < 4.78 is 0. The van der Waals surface area contributed by atoms with Crippen LogP contribution in [0.25, 0.3) is 0 Å². The summed E-state index contributed by atoms with van der Waals surface area (Å²) in [6.45, 7) is 0. The van der Waals surface area contributed by atoms with Crippen LogP contribution in [-0.4, -0.2) is 11.9 Å². The molecule has 4 nitrogen and oxygen atoms in total. The number of hydrogen-bond donors (Lipinski definition) is 0. The van der Waals surface area contributed by atoms with Crippen molar-refractivity contribution in [3.8, 4) is 0 Å². The number of hydrogen-bond acceptors (Lipinski definition) is 4. The van der Waals surface area contributed by atoms with E-state index in [1.54, 1.807) is 0 Å². The fourth-order valence-electron chi connectivity index (χ4n) is 0.118. The Balaban J connectivity index is -0.0000000300. The van der Waals surface area contributed by atoms with Gasteiger partial charge in [0.25, 0.3) is 0 Å². The molecule has 0 aliphatic rings. The van der Waals surface area contributed by atoms with Crippen LogP contribution in [0.2, 0.25) is 0 Å². The van der Waals surface area contributed by atoms with E-state index in [1.165, 1.54) is 0 Å². The van der Waals surface area contributed by atoms with Gasteiger partial charge in [0.05, 0.1) is 0 Å². The number of carboxylic acid groups (broad SMARTS) is 2. The van der Waals surface area contributed by atoms with Crippen LogP contribution in [0.4, 0.5) is 0 Å². The van der Waals surface area contributed by atoms with E-state index in [2.05, 4.69) is 0 Å². The minimum absolute atomic E-state index is 0. The fourth-order valence-corrected chi connectivity index (χ4v) is 0.118. The molecule has 0 aromatic rings. The number of halogens is 1. The summed E-state index contributed by atoms with van der Waals surface area (Å²) in [5, 5.41) is 18.6. The molecule has 0 aliphatic carbocycles. The Morgan fingerprint density at radius 3 is 1.09 bits per heavy atom. The predicted molar refractivity (Wildman–Crippen MR) is 14.6 cm³/mol. The summed E-state index contributed by atoms with van der Waals surface area (Å²) in [7, 11) is 0. The molecule has 0 saturated carbocycles. The van der Waals surface area contributed by atoms with Crippen molar-refractivity contribution in [3.63, 3.8) is 0 Å². The van der Waals surface area contributed by atoms with Crippen molar-refractivity contribution in [1.29, 1.82) is 0 Å². The van der Waals surface area contributed by atoms with Crippen molar-refractivity contribution in [1.82, 2.24) is 0 Å². The van der Waals surface area contributed by atoms with Gasteiger partial charge in [0.2, 0.25) is 0 Å². The maximum Gasteiger partial charge on any atom is 1.00 e. The van der Waals surface area contributed by atoms with Gasteiger partial charge in [-0.25, -0.2) is 0 Å². The second-order valence-corrected chi connectivity index (χ2v) is 0.921. The second-order valence-electron chi connectivity index (χ2n) is 0.921. The zero-order valence-corrected chi connectivity index (χ0v) is 13.5. The molecule has 0 N–H and O–H groups in total. The third kappa shape index (κ3) is 33.0. The summed E-state index contributed by atoms with van der Waals surface area (Å²) in [5.41, 5.74) is 0. The number of carbonyl (C=O) groups is 2. The minimum Gasteiger partial charge on any atom is -1.00 e. The van der Waals surface area contributed by atoms with E-state index in [0.717, 1.165) is 0 Å². The molecule has 0 fully saturated rings. The number of carboxylic acids is 2. The van der Waals surface area contributed by atoms with Gasteiger partial charge >= 0.3 is 88.7 Å². The van der Waals surface area contributed by atoms with Gasteiger partial charge in [-0.1, -0.05) is 0 Å². The van der Waals surface area contributed by atoms with Crippen LogP contribution in [0.1, 0.15) is 6.42 Å². The van der Waals surface area contributed by atoms with Crippen LogP contribution in [0.5, 0.6) is 0 Å². The average molecular weight is 206 g/mol. The quantitative estimate of drug-likeness (QED) is 0.332.